The van der Waals surface area contributed by atoms with Gasteiger partial charge in [-0.25, -0.2) is 9.97 Å². The van der Waals surface area contributed by atoms with Crippen molar-refractivity contribution in [1.29, 1.82) is 0 Å². The molecule has 3 rings (SSSR count). The number of aryl methyl sites for hydroxylation is 1. The van der Waals surface area contributed by atoms with Gasteiger partial charge in [-0.1, -0.05) is 18.0 Å². The predicted molar refractivity (Wildman–Crippen MR) is 78.6 cm³/mol. The summed E-state index contributed by atoms with van der Waals surface area (Å²) in [4.78, 5) is 12.9. The van der Waals surface area contributed by atoms with E-state index in [9.17, 15) is 0 Å². The van der Waals surface area contributed by atoms with Crippen LogP contribution >= 0.6 is 0 Å². The minimum Gasteiger partial charge on any atom is -0.339 e. The Labute approximate surface area is 124 Å². The van der Waals surface area contributed by atoms with Crippen molar-refractivity contribution >= 4 is 0 Å². The Balaban J connectivity index is 1.73. The monoisotopic (exact) mass is 287 g/mol. The van der Waals surface area contributed by atoms with Crippen LogP contribution in [0.3, 0.4) is 0 Å². The zero-order chi connectivity index (χ0) is 14.7. The van der Waals surface area contributed by atoms with E-state index in [4.69, 9.17) is 4.52 Å². The van der Waals surface area contributed by atoms with Crippen LogP contribution in [-0.4, -0.2) is 33.2 Å². The fraction of sp³-hybridized carbons (Fsp3) is 0.600. The van der Waals surface area contributed by atoms with Crippen LogP contribution in [0, 0.1) is 12.8 Å². The Hall–Kier alpha value is -1.82. The fourth-order valence-electron chi connectivity index (χ4n) is 3.08. The lowest BCUT2D eigenvalue weighted by atomic mass is 9.82. The summed E-state index contributed by atoms with van der Waals surface area (Å²) in [6.07, 6.45) is 7.59. The molecule has 1 aliphatic rings. The second-order valence-electron chi connectivity index (χ2n) is 5.64. The molecule has 1 aliphatic carbocycles. The molecule has 0 bridgehead atoms. The third kappa shape index (κ3) is 3.26. The van der Waals surface area contributed by atoms with E-state index in [2.05, 4.69) is 25.4 Å². The molecule has 0 amide bonds. The predicted octanol–water partition coefficient (Wildman–Crippen LogP) is 2.16. The summed E-state index contributed by atoms with van der Waals surface area (Å²) in [6.45, 7) is 1.85. The van der Waals surface area contributed by atoms with Crippen molar-refractivity contribution in [2.24, 2.45) is 5.92 Å². The Kier molecular flexibility index (Phi) is 4.24. The van der Waals surface area contributed by atoms with Gasteiger partial charge >= 0.3 is 0 Å². The minimum atomic E-state index is 0.548. The maximum Gasteiger partial charge on any atom is 0.227 e. The number of aromatic nitrogens is 4. The molecule has 2 aromatic rings. The van der Waals surface area contributed by atoms with Crippen LogP contribution < -0.4 is 5.32 Å². The highest BCUT2D eigenvalue weighted by Gasteiger charge is 2.26. The van der Waals surface area contributed by atoms with Crippen LogP contribution in [-0.2, 0) is 6.42 Å². The molecule has 6 nitrogen and oxygen atoms in total. The van der Waals surface area contributed by atoms with Gasteiger partial charge in [-0.3, -0.25) is 0 Å². The molecule has 2 heterocycles. The second kappa shape index (κ2) is 6.30. The average Bonchev–Trinajstić information content (AvgIpc) is 2.96. The van der Waals surface area contributed by atoms with E-state index in [0.29, 0.717) is 35.2 Å². The molecule has 2 atom stereocenters. The molecule has 21 heavy (non-hydrogen) atoms. The molecule has 1 N–H and O–H groups in total. The van der Waals surface area contributed by atoms with Gasteiger partial charge in [-0.05, 0) is 38.8 Å². The summed E-state index contributed by atoms with van der Waals surface area (Å²) >= 11 is 0. The van der Waals surface area contributed by atoms with E-state index in [1.54, 1.807) is 12.3 Å². The molecule has 0 spiro atoms. The summed E-state index contributed by atoms with van der Waals surface area (Å²) in [7, 11) is 2.03. The van der Waals surface area contributed by atoms with E-state index in [1.165, 1.54) is 25.7 Å². The van der Waals surface area contributed by atoms with Gasteiger partial charge in [-0.15, -0.1) is 0 Å². The highest BCUT2D eigenvalue weighted by molar-refractivity contribution is 5.46. The van der Waals surface area contributed by atoms with Gasteiger partial charge in [0, 0.05) is 18.7 Å². The van der Waals surface area contributed by atoms with E-state index in [-0.39, 0.29) is 0 Å². The van der Waals surface area contributed by atoms with Gasteiger partial charge in [0.25, 0.3) is 0 Å². The first-order valence-electron chi connectivity index (χ1n) is 7.56. The van der Waals surface area contributed by atoms with E-state index in [0.717, 1.165) is 6.42 Å². The lowest BCUT2D eigenvalue weighted by molar-refractivity contribution is 0.248. The van der Waals surface area contributed by atoms with Crippen molar-refractivity contribution in [3.63, 3.8) is 0 Å². The summed E-state index contributed by atoms with van der Waals surface area (Å²) in [5.74, 6) is 2.53. The highest BCUT2D eigenvalue weighted by atomic mass is 16.5. The van der Waals surface area contributed by atoms with Crippen molar-refractivity contribution < 1.29 is 4.52 Å². The minimum absolute atomic E-state index is 0.548. The van der Waals surface area contributed by atoms with Crippen molar-refractivity contribution in [2.45, 2.75) is 45.1 Å². The van der Waals surface area contributed by atoms with Gasteiger partial charge in [-0.2, -0.15) is 4.98 Å². The lowest BCUT2D eigenvalue weighted by Gasteiger charge is -2.30. The van der Waals surface area contributed by atoms with E-state index in [1.807, 2.05) is 14.0 Å². The zero-order valence-corrected chi connectivity index (χ0v) is 12.5. The summed E-state index contributed by atoms with van der Waals surface area (Å²) < 4.78 is 5.41. The third-order valence-corrected chi connectivity index (χ3v) is 4.19. The van der Waals surface area contributed by atoms with Gasteiger partial charge in [0.15, 0.2) is 0 Å². The molecule has 1 fully saturated rings. The topological polar surface area (TPSA) is 76.7 Å². The Morgan fingerprint density at radius 1 is 1.29 bits per heavy atom. The van der Waals surface area contributed by atoms with Gasteiger partial charge in [0.2, 0.25) is 11.7 Å². The zero-order valence-electron chi connectivity index (χ0n) is 12.5. The molecule has 1 saturated carbocycles. The molecule has 0 aromatic carbocycles. The average molecular weight is 287 g/mol. The molecular formula is C15H21N5O. The largest absolute Gasteiger partial charge is 0.339 e. The van der Waals surface area contributed by atoms with Crippen LogP contribution in [0.1, 0.15) is 37.4 Å². The molecule has 2 unspecified atom stereocenters. The van der Waals surface area contributed by atoms with Gasteiger partial charge < -0.3 is 9.84 Å². The second-order valence-corrected chi connectivity index (χ2v) is 5.64. The summed E-state index contributed by atoms with van der Waals surface area (Å²) in [6, 6.07) is 2.36. The van der Waals surface area contributed by atoms with Crippen LogP contribution in [0.4, 0.5) is 0 Å². The molecular weight excluding hydrogens is 266 g/mol. The number of rotatable bonds is 4. The first-order valence-corrected chi connectivity index (χ1v) is 7.56. The molecule has 0 radical (unpaired) electrons. The third-order valence-electron chi connectivity index (χ3n) is 4.19. The first-order chi connectivity index (χ1) is 10.3. The Morgan fingerprint density at radius 2 is 2.14 bits per heavy atom. The molecule has 2 aromatic heterocycles. The van der Waals surface area contributed by atoms with Gasteiger partial charge in [0.1, 0.15) is 11.5 Å². The number of hydrogen-bond donors (Lipinski definition) is 1. The van der Waals surface area contributed by atoms with E-state index < -0.39 is 0 Å². The maximum atomic E-state index is 5.41. The standard InChI is InChI=1S/C15H21N5O/c1-10-17-8-7-13(18-10)15-19-14(21-20-15)9-11-5-3-4-6-12(11)16-2/h7-8,11-12,16H,3-6,9H2,1-2H3. The molecule has 6 heteroatoms. The van der Waals surface area contributed by atoms with Crippen molar-refractivity contribution in [3.05, 3.63) is 24.0 Å². The Morgan fingerprint density at radius 3 is 2.95 bits per heavy atom. The quantitative estimate of drug-likeness (QED) is 0.928. The van der Waals surface area contributed by atoms with Crippen LogP contribution in [0.5, 0.6) is 0 Å². The smallest absolute Gasteiger partial charge is 0.227 e. The van der Waals surface area contributed by atoms with Gasteiger partial charge in [0.05, 0.1) is 0 Å². The SMILES string of the molecule is CNC1CCCCC1Cc1nc(-c2ccnc(C)n2)no1. The highest BCUT2D eigenvalue weighted by Crippen LogP contribution is 2.27. The number of nitrogens with one attached hydrogen (secondary N) is 1. The van der Waals surface area contributed by atoms with Crippen LogP contribution in [0.15, 0.2) is 16.8 Å². The fourth-order valence-corrected chi connectivity index (χ4v) is 3.08. The van der Waals surface area contributed by atoms with Crippen LogP contribution in [0.25, 0.3) is 11.5 Å². The van der Waals surface area contributed by atoms with Crippen molar-refractivity contribution in [1.82, 2.24) is 25.4 Å². The summed E-state index contributed by atoms with van der Waals surface area (Å²) in [5, 5.41) is 7.46. The normalized spacial score (nSPS) is 22.4. The molecule has 112 valence electrons. The van der Waals surface area contributed by atoms with E-state index >= 15 is 0 Å². The first kappa shape index (κ1) is 14.1. The Bertz CT molecular complexity index is 597. The van der Waals surface area contributed by atoms with Crippen molar-refractivity contribution in [3.8, 4) is 11.5 Å². The van der Waals surface area contributed by atoms with Crippen molar-refractivity contribution in [2.75, 3.05) is 7.05 Å². The number of hydrogen-bond acceptors (Lipinski definition) is 6. The van der Waals surface area contributed by atoms with Crippen LogP contribution in [0.2, 0.25) is 0 Å². The maximum absolute atomic E-state index is 5.41. The number of nitrogens with zero attached hydrogens (tertiary/aromatic N) is 4. The molecule has 0 aliphatic heterocycles. The molecule has 0 saturated heterocycles. The lowest BCUT2D eigenvalue weighted by Crippen LogP contribution is -2.37. The summed E-state index contributed by atoms with van der Waals surface area (Å²) in [5.41, 5.74) is 0.714.